The zero-order valence-electron chi connectivity index (χ0n) is 34.6. The Labute approximate surface area is 353 Å². The van der Waals surface area contributed by atoms with Crippen LogP contribution in [0.5, 0.6) is 23.0 Å². The summed E-state index contributed by atoms with van der Waals surface area (Å²) in [5.41, 5.74) is 3.01. The third-order valence-electron chi connectivity index (χ3n) is 9.46. The van der Waals surface area contributed by atoms with Crippen molar-refractivity contribution < 1.29 is 28.5 Å². The van der Waals surface area contributed by atoms with Gasteiger partial charge in [0.1, 0.15) is 23.3 Å². The lowest BCUT2D eigenvalue weighted by Gasteiger charge is -2.09. The summed E-state index contributed by atoms with van der Waals surface area (Å²) in [6.07, 6.45) is 14.5. The van der Waals surface area contributed by atoms with Crippen molar-refractivity contribution in [1.29, 1.82) is 5.26 Å². The largest absolute Gasteiger partial charge is 0.494 e. The van der Waals surface area contributed by atoms with Gasteiger partial charge in [0.2, 0.25) is 0 Å². The highest BCUT2D eigenvalue weighted by Gasteiger charge is 2.16. The minimum atomic E-state index is -0.701. The number of hydrogen-bond acceptors (Lipinski definition) is 11. The molecule has 0 aliphatic heterocycles. The number of hydrogen-bond donors (Lipinski definition) is 0. The predicted molar refractivity (Wildman–Crippen MR) is 233 cm³/mol. The highest BCUT2D eigenvalue weighted by molar-refractivity contribution is 5.92. The molecule has 0 heterocycles. The maximum Gasteiger partial charge on any atom is 0.343 e. The number of azo groups is 2. The molecule has 0 saturated heterocycles. The maximum atomic E-state index is 13.1. The summed E-state index contributed by atoms with van der Waals surface area (Å²) in [7, 11) is 0. The zero-order valence-corrected chi connectivity index (χ0v) is 34.6. The van der Waals surface area contributed by atoms with Gasteiger partial charge >= 0.3 is 11.9 Å². The van der Waals surface area contributed by atoms with Crippen LogP contribution in [0.3, 0.4) is 0 Å². The second-order valence-corrected chi connectivity index (χ2v) is 14.3. The third-order valence-corrected chi connectivity index (χ3v) is 9.46. The van der Waals surface area contributed by atoms with Gasteiger partial charge in [-0.1, -0.05) is 78.1 Å². The molecule has 0 bridgehead atoms. The van der Waals surface area contributed by atoms with Gasteiger partial charge in [-0.3, -0.25) is 0 Å². The quantitative estimate of drug-likeness (QED) is 0.0261. The number of nitriles is 1. The molecule has 5 aromatic rings. The van der Waals surface area contributed by atoms with Gasteiger partial charge in [0.25, 0.3) is 0 Å². The molecule has 60 heavy (non-hydrogen) atoms. The lowest BCUT2D eigenvalue weighted by molar-refractivity contribution is 0.0732. The van der Waals surface area contributed by atoms with Crippen molar-refractivity contribution in [3.05, 3.63) is 132 Å². The van der Waals surface area contributed by atoms with Crippen molar-refractivity contribution in [2.75, 3.05) is 13.2 Å². The fourth-order valence-corrected chi connectivity index (χ4v) is 5.99. The van der Waals surface area contributed by atoms with Crippen molar-refractivity contribution in [2.24, 2.45) is 20.5 Å². The molecule has 0 saturated carbocycles. The van der Waals surface area contributed by atoms with Crippen LogP contribution >= 0.6 is 0 Å². The van der Waals surface area contributed by atoms with E-state index >= 15 is 0 Å². The van der Waals surface area contributed by atoms with Crippen LogP contribution in [0.25, 0.3) is 0 Å². The molecule has 11 nitrogen and oxygen atoms in total. The number of benzene rings is 5. The minimum absolute atomic E-state index is 0.0517. The second-order valence-electron chi connectivity index (χ2n) is 14.3. The highest BCUT2D eigenvalue weighted by Crippen LogP contribution is 2.28. The lowest BCUT2D eigenvalue weighted by Crippen LogP contribution is -2.11. The van der Waals surface area contributed by atoms with Crippen molar-refractivity contribution in [1.82, 2.24) is 0 Å². The van der Waals surface area contributed by atoms with Crippen LogP contribution in [0.4, 0.5) is 22.7 Å². The summed E-state index contributed by atoms with van der Waals surface area (Å²) in [6, 6.07) is 33.9. The van der Waals surface area contributed by atoms with Gasteiger partial charge in [-0.25, -0.2) is 9.59 Å². The first kappa shape index (κ1) is 44.4. The normalized spacial score (nSPS) is 11.1. The van der Waals surface area contributed by atoms with Crippen LogP contribution in [-0.4, -0.2) is 25.2 Å². The van der Waals surface area contributed by atoms with Crippen LogP contribution in [0.2, 0.25) is 0 Å². The molecule has 0 amide bonds. The standard InChI is InChI=1S/C49H53N5O6/c1-3-5-7-9-11-13-33-57-44-29-24-42(25-30-44)53-51-40-20-15-37(16-21-40)48(55)59-46-28-19-39(36-50)47(35-46)60-49(56)38-17-22-41(23-18-38)52-54-43-26-31-45(32-27-43)58-34-14-12-10-8-6-4-2/h15-32,35H,3-14,33-34H2,1-2H3. The van der Waals surface area contributed by atoms with E-state index in [9.17, 15) is 14.9 Å². The molecule has 0 aliphatic rings. The number of esters is 2. The first-order chi connectivity index (χ1) is 29.4. The van der Waals surface area contributed by atoms with E-state index in [0.29, 0.717) is 36.0 Å². The molecule has 0 aromatic heterocycles. The average molecular weight is 808 g/mol. The molecule has 0 N–H and O–H groups in total. The Hall–Kier alpha value is -6.67. The van der Waals surface area contributed by atoms with E-state index in [1.54, 1.807) is 48.5 Å². The molecule has 5 rings (SSSR count). The molecule has 0 fully saturated rings. The predicted octanol–water partition coefficient (Wildman–Crippen LogP) is 14.3. The molecule has 0 spiro atoms. The van der Waals surface area contributed by atoms with E-state index in [4.69, 9.17) is 18.9 Å². The van der Waals surface area contributed by atoms with Gasteiger partial charge in [-0.15, -0.1) is 0 Å². The van der Waals surface area contributed by atoms with Gasteiger partial charge in [0.05, 0.1) is 52.7 Å². The molecule has 0 aliphatic carbocycles. The van der Waals surface area contributed by atoms with Crippen LogP contribution < -0.4 is 18.9 Å². The Bertz CT molecular complexity index is 2180. The summed E-state index contributed by atoms with van der Waals surface area (Å²) in [5.74, 6) is 0.288. The summed E-state index contributed by atoms with van der Waals surface area (Å²) in [4.78, 5) is 26.0. The number of carbonyl (C=O) groups excluding carboxylic acids is 2. The first-order valence-electron chi connectivity index (χ1n) is 20.9. The van der Waals surface area contributed by atoms with Crippen LogP contribution in [0, 0.1) is 11.3 Å². The van der Waals surface area contributed by atoms with E-state index in [2.05, 4.69) is 34.3 Å². The SMILES string of the molecule is CCCCCCCCOc1ccc(N=Nc2ccc(C(=O)Oc3ccc(C#N)c(OC(=O)c4ccc(N=Nc5ccc(OCCCCCCCC)cc5)cc4)c3)cc2)cc1. The van der Waals surface area contributed by atoms with Crippen molar-refractivity contribution in [3.63, 3.8) is 0 Å². The average Bonchev–Trinajstić information content (AvgIpc) is 3.28. The Morgan fingerprint density at radius 2 is 0.833 bits per heavy atom. The maximum absolute atomic E-state index is 13.1. The molecular weight excluding hydrogens is 755 g/mol. The third kappa shape index (κ3) is 15.3. The van der Waals surface area contributed by atoms with E-state index in [0.717, 1.165) is 24.3 Å². The topological polar surface area (TPSA) is 144 Å². The molecule has 0 unspecified atom stereocenters. The van der Waals surface area contributed by atoms with Crippen LogP contribution in [0.1, 0.15) is 117 Å². The summed E-state index contributed by atoms with van der Waals surface area (Å²) < 4.78 is 22.8. The number of nitrogens with zero attached hydrogens (tertiary/aromatic N) is 5. The smallest absolute Gasteiger partial charge is 0.343 e. The highest BCUT2D eigenvalue weighted by atomic mass is 16.5. The van der Waals surface area contributed by atoms with Crippen molar-refractivity contribution in [3.8, 4) is 29.1 Å². The fourth-order valence-electron chi connectivity index (χ4n) is 5.99. The van der Waals surface area contributed by atoms with E-state index in [1.807, 2.05) is 54.6 Å². The van der Waals surface area contributed by atoms with E-state index in [1.165, 1.54) is 82.4 Å². The van der Waals surface area contributed by atoms with Crippen LogP contribution in [0.15, 0.2) is 136 Å². The summed E-state index contributed by atoms with van der Waals surface area (Å²) >= 11 is 0. The monoisotopic (exact) mass is 807 g/mol. The van der Waals surface area contributed by atoms with Gasteiger partial charge < -0.3 is 18.9 Å². The van der Waals surface area contributed by atoms with E-state index < -0.39 is 11.9 Å². The number of unbranched alkanes of at least 4 members (excludes halogenated alkanes) is 10. The molecule has 0 atom stereocenters. The first-order valence-corrected chi connectivity index (χ1v) is 20.9. The zero-order chi connectivity index (χ0) is 42.2. The Morgan fingerprint density at radius 3 is 1.25 bits per heavy atom. The summed E-state index contributed by atoms with van der Waals surface area (Å²) in [6.45, 7) is 5.82. The number of rotatable bonds is 24. The van der Waals surface area contributed by atoms with E-state index in [-0.39, 0.29) is 28.2 Å². The Kier molecular flexibility index (Phi) is 18.5. The number of ether oxygens (including phenoxy) is 4. The van der Waals surface area contributed by atoms with Gasteiger partial charge in [0.15, 0.2) is 5.75 Å². The minimum Gasteiger partial charge on any atom is -0.494 e. The fraction of sp³-hybridized carbons (Fsp3) is 0.327. The molecule has 5 aromatic carbocycles. The Morgan fingerprint density at radius 1 is 0.467 bits per heavy atom. The van der Waals surface area contributed by atoms with Crippen molar-refractivity contribution >= 4 is 34.7 Å². The molecule has 11 heteroatoms. The van der Waals surface area contributed by atoms with Crippen molar-refractivity contribution in [2.45, 2.75) is 90.9 Å². The van der Waals surface area contributed by atoms with Gasteiger partial charge in [-0.2, -0.15) is 25.7 Å². The molecule has 0 radical (unpaired) electrons. The Balaban J connectivity index is 1.08. The second kappa shape index (κ2) is 25.0. The summed E-state index contributed by atoms with van der Waals surface area (Å²) in [5, 5.41) is 26.8. The lowest BCUT2D eigenvalue weighted by atomic mass is 10.1. The number of carbonyl (C=O) groups is 2. The van der Waals surface area contributed by atoms with Gasteiger partial charge in [-0.05, 0) is 122 Å². The van der Waals surface area contributed by atoms with Crippen LogP contribution in [-0.2, 0) is 0 Å². The van der Waals surface area contributed by atoms with Gasteiger partial charge in [0, 0.05) is 6.07 Å². The molecule has 310 valence electrons. The molecular formula is C49H53N5O6.